The molecule has 1 saturated carbocycles. The second-order valence-electron chi connectivity index (χ2n) is 5.82. The van der Waals surface area contributed by atoms with E-state index in [9.17, 15) is 4.79 Å². The van der Waals surface area contributed by atoms with Crippen molar-refractivity contribution in [3.05, 3.63) is 0 Å². The number of likely N-dealkylation sites (tertiary alicyclic amines) is 1. The van der Waals surface area contributed by atoms with E-state index in [2.05, 4.69) is 17.1 Å². The fourth-order valence-corrected chi connectivity index (χ4v) is 3.16. The van der Waals surface area contributed by atoms with E-state index < -0.39 is 0 Å². The third-order valence-corrected chi connectivity index (χ3v) is 4.43. The molecule has 3 nitrogen and oxygen atoms in total. The molecule has 1 aliphatic carbocycles. The van der Waals surface area contributed by atoms with Gasteiger partial charge < -0.3 is 10.2 Å². The number of carbonyl (C=O) groups excluding carboxylic acids is 1. The van der Waals surface area contributed by atoms with Gasteiger partial charge in [0.2, 0.25) is 5.91 Å². The highest BCUT2D eigenvalue weighted by atomic mass is 35.5. The Balaban J connectivity index is 0.00000162. The monoisotopic (exact) mass is 274 g/mol. The average Bonchev–Trinajstić information content (AvgIpc) is 3.11. The number of carbonyl (C=O) groups is 1. The summed E-state index contributed by atoms with van der Waals surface area (Å²) in [5.41, 5.74) is 0.0740. The average molecular weight is 275 g/mol. The van der Waals surface area contributed by atoms with Crippen molar-refractivity contribution in [2.24, 2.45) is 11.3 Å². The van der Waals surface area contributed by atoms with Crippen LogP contribution in [0.5, 0.6) is 0 Å². The first-order valence-corrected chi connectivity index (χ1v) is 7.16. The Hall–Kier alpha value is -0.280. The van der Waals surface area contributed by atoms with Crippen LogP contribution in [0.4, 0.5) is 0 Å². The zero-order chi connectivity index (χ0) is 12.3. The van der Waals surface area contributed by atoms with Crippen molar-refractivity contribution in [3.8, 4) is 0 Å². The van der Waals surface area contributed by atoms with Gasteiger partial charge in [0.25, 0.3) is 0 Å². The van der Waals surface area contributed by atoms with E-state index in [0.29, 0.717) is 5.91 Å². The van der Waals surface area contributed by atoms with Gasteiger partial charge in [-0.2, -0.15) is 0 Å². The Morgan fingerprint density at radius 2 is 1.94 bits per heavy atom. The van der Waals surface area contributed by atoms with Crippen molar-refractivity contribution >= 4 is 18.3 Å². The van der Waals surface area contributed by atoms with Crippen LogP contribution in [-0.4, -0.2) is 37.5 Å². The topological polar surface area (TPSA) is 32.3 Å². The van der Waals surface area contributed by atoms with E-state index in [1.54, 1.807) is 0 Å². The summed E-state index contributed by atoms with van der Waals surface area (Å²) in [7, 11) is 2.01. The quantitative estimate of drug-likeness (QED) is 0.835. The van der Waals surface area contributed by atoms with Crippen LogP contribution in [0.2, 0.25) is 0 Å². The van der Waals surface area contributed by atoms with E-state index >= 15 is 0 Å². The molecule has 0 radical (unpaired) electrons. The van der Waals surface area contributed by atoms with Crippen molar-refractivity contribution in [2.75, 3.05) is 26.7 Å². The molecule has 2 rings (SSSR count). The lowest BCUT2D eigenvalue weighted by Gasteiger charge is -2.34. The van der Waals surface area contributed by atoms with Crippen molar-refractivity contribution in [1.29, 1.82) is 0 Å². The fourth-order valence-electron chi connectivity index (χ4n) is 3.16. The molecule has 2 aliphatic rings. The lowest BCUT2D eigenvalue weighted by Crippen LogP contribution is -2.43. The summed E-state index contributed by atoms with van der Waals surface area (Å²) in [4.78, 5) is 14.6. The van der Waals surface area contributed by atoms with Gasteiger partial charge in [0.05, 0.1) is 0 Å². The van der Waals surface area contributed by atoms with E-state index in [1.807, 2.05) is 7.05 Å². The minimum Gasteiger partial charge on any atom is -0.342 e. The van der Waals surface area contributed by atoms with Crippen molar-refractivity contribution in [3.63, 3.8) is 0 Å². The lowest BCUT2D eigenvalue weighted by molar-refractivity contribution is -0.138. The summed E-state index contributed by atoms with van der Waals surface area (Å²) < 4.78 is 0. The maximum Gasteiger partial charge on any atom is 0.228 e. The molecule has 0 aromatic rings. The molecular weight excluding hydrogens is 248 g/mol. The number of piperidine rings is 1. The van der Waals surface area contributed by atoms with Gasteiger partial charge in [-0.25, -0.2) is 0 Å². The first kappa shape index (κ1) is 15.8. The fraction of sp³-hybridized carbons (Fsp3) is 0.929. The molecule has 0 aromatic heterocycles. The SMILES string of the molecule is CCCC1(C(=O)N2CCC(CNC)CC2)CC1.Cl. The molecule has 0 spiro atoms. The molecule has 0 bridgehead atoms. The molecule has 0 aromatic carbocycles. The summed E-state index contributed by atoms with van der Waals surface area (Å²) in [6.07, 6.45) is 6.86. The normalized spacial score (nSPS) is 22.4. The van der Waals surface area contributed by atoms with Crippen LogP contribution in [0.3, 0.4) is 0 Å². The predicted octanol–water partition coefficient (Wildman–Crippen LogP) is 2.45. The smallest absolute Gasteiger partial charge is 0.228 e. The van der Waals surface area contributed by atoms with Crippen molar-refractivity contribution in [1.82, 2.24) is 10.2 Å². The number of nitrogens with zero attached hydrogens (tertiary/aromatic N) is 1. The number of amides is 1. The molecular formula is C14H27ClN2O. The van der Waals surface area contributed by atoms with Crippen LogP contribution >= 0.6 is 12.4 Å². The van der Waals surface area contributed by atoms with Crippen LogP contribution in [0.25, 0.3) is 0 Å². The highest BCUT2D eigenvalue weighted by Crippen LogP contribution is 2.51. The van der Waals surface area contributed by atoms with Gasteiger partial charge in [-0.05, 0) is 51.6 Å². The van der Waals surface area contributed by atoms with Crippen LogP contribution in [0.1, 0.15) is 45.4 Å². The van der Waals surface area contributed by atoms with Gasteiger partial charge in [-0.1, -0.05) is 13.3 Å². The Morgan fingerprint density at radius 3 is 2.39 bits per heavy atom. The van der Waals surface area contributed by atoms with Gasteiger partial charge in [0.15, 0.2) is 0 Å². The lowest BCUT2D eigenvalue weighted by atomic mass is 9.93. The van der Waals surface area contributed by atoms with E-state index in [0.717, 1.165) is 51.2 Å². The number of nitrogens with one attached hydrogen (secondary N) is 1. The maximum absolute atomic E-state index is 12.4. The minimum atomic E-state index is 0. The summed E-state index contributed by atoms with van der Waals surface area (Å²) in [5, 5.41) is 3.24. The van der Waals surface area contributed by atoms with Gasteiger partial charge in [0, 0.05) is 18.5 Å². The zero-order valence-electron chi connectivity index (χ0n) is 11.7. The molecule has 0 unspecified atom stereocenters. The highest BCUT2D eigenvalue weighted by molar-refractivity contribution is 5.85. The second-order valence-corrected chi connectivity index (χ2v) is 5.82. The largest absolute Gasteiger partial charge is 0.342 e. The molecule has 2 fully saturated rings. The molecule has 1 N–H and O–H groups in total. The standard InChI is InChI=1S/C14H26N2O.ClH/c1-3-6-14(7-8-14)13(17)16-9-4-12(5-10-16)11-15-2;/h12,15H,3-11H2,1-2H3;1H. The molecule has 18 heavy (non-hydrogen) atoms. The number of hydrogen-bond donors (Lipinski definition) is 1. The summed E-state index contributed by atoms with van der Waals surface area (Å²) in [6, 6.07) is 0. The van der Waals surface area contributed by atoms with Gasteiger partial charge >= 0.3 is 0 Å². The van der Waals surface area contributed by atoms with Crippen LogP contribution in [0.15, 0.2) is 0 Å². The van der Waals surface area contributed by atoms with Crippen LogP contribution in [0, 0.1) is 11.3 Å². The molecule has 1 saturated heterocycles. The maximum atomic E-state index is 12.4. The number of hydrogen-bond acceptors (Lipinski definition) is 2. The molecule has 106 valence electrons. The number of rotatable bonds is 5. The third-order valence-electron chi connectivity index (χ3n) is 4.43. The van der Waals surface area contributed by atoms with Crippen LogP contribution < -0.4 is 5.32 Å². The zero-order valence-corrected chi connectivity index (χ0v) is 12.5. The van der Waals surface area contributed by atoms with Crippen molar-refractivity contribution in [2.45, 2.75) is 45.4 Å². The Kier molecular flexibility index (Phi) is 5.93. The van der Waals surface area contributed by atoms with Gasteiger partial charge in [-0.3, -0.25) is 4.79 Å². The predicted molar refractivity (Wildman–Crippen MR) is 77.1 cm³/mol. The Labute approximate surface area is 117 Å². The molecule has 1 amide bonds. The Morgan fingerprint density at radius 1 is 1.33 bits per heavy atom. The Bertz CT molecular complexity index is 271. The molecule has 1 heterocycles. The first-order valence-electron chi connectivity index (χ1n) is 7.16. The van der Waals surface area contributed by atoms with Crippen molar-refractivity contribution < 1.29 is 4.79 Å². The van der Waals surface area contributed by atoms with Gasteiger partial charge in [0.1, 0.15) is 0 Å². The first-order chi connectivity index (χ1) is 8.22. The summed E-state index contributed by atoms with van der Waals surface area (Å²) in [6.45, 7) is 5.25. The highest BCUT2D eigenvalue weighted by Gasteiger charge is 2.50. The molecule has 1 aliphatic heterocycles. The van der Waals surface area contributed by atoms with Gasteiger partial charge in [-0.15, -0.1) is 12.4 Å². The third kappa shape index (κ3) is 3.39. The van der Waals surface area contributed by atoms with E-state index in [-0.39, 0.29) is 17.8 Å². The van der Waals surface area contributed by atoms with E-state index in [1.165, 1.54) is 12.8 Å². The molecule has 0 atom stereocenters. The summed E-state index contributed by atoms with van der Waals surface area (Å²) in [5.74, 6) is 1.23. The van der Waals surface area contributed by atoms with Crippen LogP contribution in [-0.2, 0) is 4.79 Å². The molecule has 4 heteroatoms. The minimum absolute atomic E-state index is 0. The summed E-state index contributed by atoms with van der Waals surface area (Å²) >= 11 is 0. The number of halogens is 1. The second kappa shape index (κ2) is 6.76. The van der Waals surface area contributed by atoms with E-state index in [4.69, 9.17) is 0 Å².